The van der Waals surface area contributed by atoms with Gasteiger partial charge in [-0.05, 0) is 70.5 Å². The predicted octanol–water partition coefficient (Wildman–Crippen LogP) is 4.77. The van der Waals surface area contributed by atoms with Crippen LogP contribution in [0.3, 0.4) is 0 Å². The SMILES string of the molecule is C/C=c1/cccc2c1c(CCN(C)C)c1cccc3cccc2c31. The van der Waals surface area contributed by atoms with E-state index in [9.17, 15) is 0 Å². The van der Waals surface area contributed by atoms with Crippen molar-refractivity contribution in [3.05, 3.63) is 65.4 Å². The van der Waals surface area contributed by atoms with Crippen molar-refractivity contribution in [3.8, 4) is 0 Å². The molecule has 0 aliphatic rings. The van der Waals surface area contributed by atoms with Crippen LogP contribution >= 0.6 is 0 Å². The summed E-state index contributed by atoms with van der Waals surface area (Å²) in [6.45, 7) is 3.20. The molecule has 0 aliphatic heterocycles. The number of rotatable bonds is 3. The molecule has 1 heteroatoms. The van der Waals surface area contributed by atoms with Crippen LogP contribution in [0.4, 0.5) is 0 Å². The molecule has 0 aliphatic carbocycles. The molecular weight excluding hydrogens is 290 g/mol. The summed E-state index contributed by atoms with van der Waals surface area (Å²) in [7, 11) is 4.30. The average Bonchev–Trinajstić information content (AvgIpc) is 2.61. The minimum Gasteiger partial charge on any atom is -0.309 e. The molecule has 0 heterocycles. The molecule has 0 atom stereocenters. The van der Waals surface area contributed by atoms with E-state index in [1.807, 2.05) is 0 Å². The fourth-order valence-electron chi connectivity index (χ4n) is 3.92. The second-order valence-electron chi connectivity index (χ2n) is 6.80. The zero-order chi connectivity index (χ0) is 16.7. The smallest absolute Gasteiger partial charge is 0.00162 e. The van der Waals surface area contributed by atoms with Crippen molar-refractivity contribution in [2.75, 3.05) is 20.6 Å². The summed E-state index contributed by atoms with van der Waals surface area (Å²) in [6.07, 6.45) is 3.31. The van der Waals surface area contributed by atoms with Gasteiger partial charge in [-0.15, -0.1) is 0 Å². The van der Waals surface area contributed by atoms with Gasteiger partial charge in [0.1, 0.15) is 0 Å². The molecule has 0 spiro atoms. The van der Waals surface area contributed by atoms with Crippen molar-refractivity contribution in [1.29, 1.82) is 0 Å². The third kappa shape index (κ3) is 2.28. The summed E-state index contributed by atoms with van der Waals surface area (Å²) >= 11 is 0. The van der Waals surface area contributed by atoms with Crippen LogP contribution in [0.2, 0.25) is 0 Å². The molecule has 0 saturated heterocycles. The molecule has 24 heavy (non-hydrogen) atoms. The Morgan fingerprint density at radius 3 is 2.08 bits per heavy atom. The van der Waals surface area contributed by atoms with Gasteiger partial charge < -0.3 is 4.90 Å². The van der Waals surface area contributed by atoms with Crippen LogP contribution in [0, 0.1) is 0 Å². The molecule has 0 aromatic heterocycles. The first-order chi connectivity index (χ1) is 11.7. The van der Waals surface area contributed by atoms with Crippen LogP contribution in [-0.2, 0) is 6.42 Å². The van der Waals surface area contributed by atoms with Crippen molar-refractivity contribution in [2.45, 2.75) is 13.3 Å². The first-order valence-corrected chi connectivity index (χ1v) is 8.66. The van der Waals surface area contributed by atoms with Crippen LogP contribution in [-0.4, -0.2) is 25.5 Å². The number of likely N-dealkylation sites (N-methyl/N-ethyl adjacent to an activating group) is 1. The number of hydrogen-bond acceptors (Lipinski definition) is 1. The highest BCUT2D eigenvalue weighted by atomic mass is 15.0. The summed E-state index contributed by atoms with van der Waals surface area (Å²) in [5.74, 6) is 0. The Morgan fingerprint density at radius 1 is 0.792 bits per heavy atom. The van der Waals surface area contributed by atoms with E-state index in [-0.39, 0.29) is 0 Å². The number of nitrogens with zero attached hydrogens (tertiary/aromatic N) is 1. The van der Waals surface area contributed by atoms with E-state index in [2.05, 4.69) is 86.6 Å². The van der Waals surface area contributed by atoms with Gasteiger partial charge in [0.2, 0.25) is 0 Å². The van der Waals surface area contributed by atoms with E-state index < -0.39 is 0 Å². The highest BCUT2D eigenvalue weighted by molar-refractivity contribution is 6.23. The second kappa shape index (κ2) is 5.92. The van der Waals surface area contributed by atoms with Gasteiger partial charge in [-0.3, -0.25) is 0 Å². The maximum atomic E-state index is 2.30. The van der Waals surface area contributed by atoms with E-state index in [0.717, 1.165) is 13.0 Å². The van der Waals surface area contributed by atoms with Gasteiger partial charge in [0.05, 0.1) is 0 Å². The molecule has 0 saturated carbocycles. The van der Waals surface area contributed by atoms with Gasteiger partial charge in [0, 0.05) is 6.54 Å². The summed E-state index contributed by atoms with van der Waals surface area (Å²) in [6, 6.07) is 20.1. The Balaban J connectivity index is 2.25. The molecule has 0 amide bonds. The lowest BCUT2D eigenvalue weighted by Gasteiger charge is -2.18. The maximum Gasteiger partial charge on any atom is 0.00162 e. The van der Waals surface area contributed by atoms with Gasteiger partial charge in [-0.1, -0.05) is 60.7 Å². The van der Waals surface area contributed by atoms with E-state index in [1.165, 1.54) is 43.1 Å². The molecule has 0 bridgehead atoms. The Kier molecular flexibility index (Phi) is 3.74. The summed E-state index contributed by atoms with van der Waals surface area (Å²) in [4.78, 5) is 2.27. The van der Waals surface area contributed by atoms with E-state index >= 15 is 0 Å². The minimum atomic E-state index is 1.06. The summed E-state index contributed by atoms with van der Waals surface area (Å²) in [5.41, 5.74) is 1.48. The van der Waals surface area contributed by atoms with Crippen molar-refractivity contribution in [1.82, 2.24) is 4.90 Å². The predicted molar refractivity (Wildman–Crippen MR) is 107 cm³/mol. The van der Waals surface area contributed by atoms with Crippen LogP contribution in [0.5, 0.6) is 0 Å². The molecule has 1 nitrogen and oxygen atoms in total. The topological polar surface area (TPSA) is 3.24 Å². The second-order valence-corrected chi connectivity index (χ2v) is 6.80. The molecule has 4 aromatic rings. The van der Waals surface area contributed by atoms with Crippen LogP contribution in [0.15, 0.2) is 54.6 Å². The highest BCUT2D eigenvalue weighted by Gasteiger charge is 2.13. The number of hydrogen-bond donors (Lipinski definition) is 0. The molecule has 4 rings (SSSR count). The zero-order valence-electron chi connectivity index (χ0n) is 14.6. The first-order valence-electron chi connectivity index (χ1n) is 8.66. The Hall–Kier alpha value is -2.38. The number of benzene rings is 4. The third-order valence-electron chi connectivity index (χ3n) is 5.04. The van der Waals surface area contributed by atoms with E-state index in [1.54, 1.807) is 0 Å². The molecule has 0 radical (unpaired) electrons. The first kappa shape index (κ1) is 15.2. The molecule has 0 fully saturated rings. The van der Waals surface area contributed by atoms with Gasteiger partial charge in [0.15, 0.2) is 0 Å². The standard InChI is InChI=1S/C23H23N/c1-4-16-8-5-11-18-19-12-6-9-17-10-7-13-20(23(17)19)21(22(16)18)14-15-24(2)3/h4-13H,14-15H2,1-3H3/b16-4-. The minimum absolute atomic E-state index is 1.06. The van der Waals surface area contributed by atoms with Gasteiger partial charge in [-0.25, -0.2) is 0 Å². The molecular formula is C23H23N. The fraction of sp³-hybridized carbons (Fsp3) is 0.217. The highest BCUT2D eigenvalue weighted by Crippen LogP contribution is 2.35. The van der Waals surface area contributed by atoms with Crippen LogP contribution in [0.25, 0.3) is 38.4 Å². The zero-order valence-corrected chi connectivity index (χ0v) is 14.6. The van der Waals surface area contributed by atoms with Gasteiger partial charge in [-0.2, -0.15) is 0 Å². The lowest BCUT2D eigenvalue weighted by molar-refractivity contribution is 0.414. The molecule has 4 aromatic carbocycles. The maximum absolute atomic E-state index is 2.30. The monoisotopic (exact) mass is 313 g/mol. The van der Waals surface area contributed by atoms with E-state index in [0.29, 0.717) is 0 Å². The molecule has 0 N–H and O–H groups in total. The Labute approximate surface area is 143 Å². The lowest BCUT2D eigenvalue weighted by Crippen LogP contribution is -2.16. The van der Waals surface area contributed by atoms with Crippen molar-refractivity contribution in [2.24, 2.45) is 0 Å². The Morgan fingerprint density at radius 2 is 1.42 bits per heavy atom. The lowest BCUT2D eigenvalue weighted by atomic mass is 9.88. The molecule has 120 valence electrons. The number of fused-ring (bicyclic) bond motifs is 2. The normalized spacial score (nSPS) is 12.9. The van der Waals surface area contributed by atoms with Gasteiger partial charge in [0.25, 0.3) is 0 Å². The van der Waals surface area contributed by atoms with Crippen LogP contribution < -0.4 is 5.22 Å². The third-order valence-corrected chi connectivity index (χ3v) is 5.04. The van der Waals surface area contributed by atoms with Crippen molar-refractivity contribution >= 4 is 38.4 Å². The molecule has 0 unspecified atom stereocenters. The van der Waals surface area contributed by atoms with Crippen molar-refractivity contribution < 1.29 is 0 Å². The van der Waals surface area contributed by atoms with Gasteiger partial charge >= 0.3 is 0 Å². The fourth-order valence-corrected chi connectivity index (χ4v) is 3.92. The largest absolute Gasteiger partial charge is 0.309 e. The Bertz CT molecular complexity index is 1080. The summed E-state index contributed by atoms with van der Waals surface area (Å²) < 4.78 is 0. The van der Waals surface area contributed by atoms with Crippen molar-refractivity contribution in [3.63, 3.8) is 0 Å². The van der Waals surface area contributed by atoms with E-state index in [4.69, 9.17) is 0 Å². The average molecular weight is 313 g/mol. The summed E-state index contributed by atoms with van der Waals surface area (Å²) in [5, 5.41) is 9.67. The van der Waals surface area contributed by atoms with Crippen LogP contribution in [0.1, 0.15) is 12.5 Å². The quantitative estimate of drug-likeness (QED) is 0.389.